The van der Waals surface area contributed by atoms with Gasteiger partial charge in [-0.3, -0.25) is 0 Å². The van der Waals surface area contributed by atoms with Crippen molar-refractivity contribution in [2.24, 2.45) is 0 Å². The van der Waals surface area contributed by atoms with E-state index in [2.05, 4.69) is 20.2 Å². The molecule has 1 aliphatic heterocycles. The van der Waals surface area contributed by atoms with Crippen molar-refractivity contribution >= 4 is 40.8 Å². The second kappa shape index (κ2) is 9.88. The van der Waals surface area contributed by atoms with E-state index in [4.69, 9.17) is 10.7 Å². The number of anilines is 3. The minimum atomic E-state index is -4.51. The highest BCUT2D eigenvalue weighted by Crippen LogP contribution is 2.47. The van der Waals surface area contributed by atoms with E-state index < -0.39 is 24.9 Å². The molecule has 1 atom stereocenters. The lowest BCUT2D eigenvalue weighted by molar-refractivity contribution is -0.137. The highest BCUT2D eigenvalue weighted by molar-refractivity contribution is 7.71. The Labute approximate surface area is 209 Å². The number of hydrogen-bond donors (Lipinski definition) is 2. The number of aromatic nitrogens is 3. The fourth-order valence-electron chi connectivity index (χ4n) is 4.66. The van der Waals surface area contributed by atoms with Crippen LogP contribution in [0, 0.1) is 6.92 Å². The van der Waals surface area contributed by atoms with Crippen LogP contribution in [0.4, 0.5) is 30.5 Å². The van der Waals surface area contributed by atoms with Gasteiger partial charge in [-0.15, -0.1) is 0 Å². The molecular formula is C25H32F3N6OP. The summed E-state index contributed by atoms with van der Waals surface area (Å²) in [5, 5.41) is 4.54. The van der Waals surface area contributed by atoms with Crippen molar-refractivity contribution < 1.29 is 17.7 Å². The standard InChI is InChI=1S/C25H32F3N6OP/c1-5-36(35,6-2)21-14-20-22(30-15(3)17-11-18(25(26,27)28)13-19(29)12-17)31-16(4)32-23(20)33-24(21)34-9-7-8-10-34/h11-15H,5-10,29H2,1-4H3,(H,30,31,32,33)/t15-/m1/s1. The lowest BCUT2D eigenvalue weighted by atomic mass is 10.0. The van der Waals surface area contributed by atoms with Gasteiger partial charge in [-0.05, 0) is 56.5 Å². The maximum absolute atomic E-state index is 13.9. The first kappa shape index (κ1) is 26.2. The van der Waals surface area contributed by atoms with Gasteiger partial charge in [0.25, 0.3) is 0 Å². The number of nitrogens with zero attached hydrogens (tertiary/aromatic N) is 4. The van der Waals surface area contributed by atoms with E-state index in [-0.39, 0.29) is 5.69 Å². The molecule has 2 aromatic heterocycles. The third kappa shape index (κ3) is 5.14. The SMILES string of the molecule is CCP(=O)(CC)c1cc2c(N[C@H](C)c3cc(N)cc(C(F)(F)F)c3)nc(C)nc2nc1N1CCCC1. The Morgan fingerprint density at radius 1 is 1.08 bits per heavy atom. The summed E-state index contributed by atoms with van der Waals surface area (Å²) in [7, 11) is -2.71. The number of halogens is 3. The molecule has 3 aromatic rings. The molecule has 36 heavy (non-hydrogen) atoms. The first-order valence-corrected chi connectivity index (χ1v) is 14.3. The monoisotopic (exact) mass is 520 g/mol. The molecule has 194 valence electrons. The van der Waals surface area contributed by atoms with Crippen LogP contribution in [0.3, 0.4) is 0 Å². The highest BCUT2D eigenvalue weighted by atomic mass is 31.2. The summed E-state index contributed by atoms with van der Waals surface area (Å²) in [4.78, 5) is 16.1. The van der Waals surface area contributed by atoms with E-state index in [0.717, 1.165) is 43.9 Å². The predicted molar refractivity (Wildman–Crippen MR) is 140 cm³/mol. The van der Waals surface area contributed by atoms with Crippen molar-refractivity contribution in [3.8, 4) is 0 Å². The Hall–Kier alpha value is -2.87. The van der Waals surface area contributed by atoms with Crippen molar-refractivity contribution in [3.05, 3.63) is 41.2 Å². The topological polar surface area (TPSA) is 97.0 Å². The molecule has 0 saturated carbocycles. The summed E-state index contributed by atoms with van der Waals surface area (Å²) < 4.78 is 54.0. The molecule has 0 aliphatic carbocycles. The summed E-state index contributed by atoms with van der Waals surface area (Å²) in [6.45, 7) is 9.03. The van der Waals surface area contributed by atoms with Crippen LogP contribution in [0.2, 0.25) is 0 Å². The summed E-state index contributed by atoms with van der Waals surface area (Å²) in [5.74, 6) is 1.62. The molecule has 3 heterocycles. The molecule has 0 radical (unpaired) electrons. The second-order valence-corrected chi connectivity index (χ2v) is 12.8. The van der Waals surface area contributed by atoms with E-state index in [1.807, 2.05) is 19.9 Å². The summed E-state index contributed by atoms with van der Waals surface area (Å²) in [6, 6.07) is 4.85. The molecule has 1 aromatic carbocycles. The number of nitrogen functional groups attached to an aromatic ring is 1. The van der Waals surface area contributed by atoms with Crippen LogP contribution in [0.1, 0.15) is 56.6 Å². The molecule has 11 heteroatoms. The number of fused-ring (bicyclic) bond motifs is 1. The van der Waals surface area contributed by atoms with Crippen LogP contribution in [-0.4, -0.2) is 40.4 Å². The molecule has 0 unspecified atom stereocenters. The number of hydrogen-bond acceptors (Lipinski definition) is 7. The Bertz CT molecular complexity index is 1320. The van der Waals surface area contributed by atoms with Gasteiger partial charge in [0.15, 0.2) is 5.65 Å². The number of rotatable bonds is 7. The van der Waals surface area contributed by atoms with Crippen LogP contribution >= 0.6 is 7.14 Å². The molecular weight excluding hydrogens is 488 g/mol. The third-order valence-corrected chi connectivity index (χ3v) is 10.0. The zero-order valence-corrected chi connectivity index (χ0v) is 21.9. The van der Waals surface area contributed by atoms with Crippen LogP contribution in [0.15, 0.2) is 24.3 Å². The van der Waals surface area contributed by atoms with Gasteiger partial charge in [0, 0.05) is 31.1 Å². The Morgan fingerprint density at radius 3 is 2.36 bits per heavy atom. The zero-order valence-electron chi connectivity index (χ0n) is 21.0. The molecule has 1 fully saturated rings. The van der Waals surface area contributed by atoms with Crippen LogP contribution in [0.25, 0.3) is 11.0 Å². The molecule has 0 amide bonds. The number of nitrogens with two attached hydrogens (primary N) is 1. The first-order chi connectivity index (χ1) is 16.9. The smallest absolute Gasteiger partial charge is 0.399 e. The maximum Gasteiger partial charge on any atom is 0.416 e. The van der Waals surface area contributed by atoms with E-state index in [0.29, 0.717) is 45.9 Å². The Morgan fingerprint density at radius 2 is 1.75 bits per heavy atom. The molecule has 0 bridgehead atoms. The van der Waals surface area contributed by atoms with Gasteiger partial charge in [0.05, 0.1) is 22.3 Å². The number of pyridine rings is 1. The summed E-state index contributed by atoms with van der Waals surface area (Å²) in [5.41, 5.74) is 5.84. The fraction of sp³-hybridized carbons (Fsp3) is 0.480. The van der Waals surface area contributed by atoms with E-state index in [1.165, 1.54) is 6.07 Å². The maximum atomic E-state index is 13.9. The summed E-state index contributed by atoms with van der Waals surface area (Å²) in [6.07, 6.45) is -1.39. The van der Waals surface area contributed by atoms with Crippen LogP contribution in [0.5, 0.6) is 0 Å². The quantitative estimate of drug-likeness (QED) is 0.303. The Kier molecular flexibility index (Phi) is 7.19. The van der Waals surface area contributed by atoms with Gasteiger partial charge >= 0.3 is 6.18 Å². The number of benzene rings is 1. The molecule has 0 spiro atoms. The van der Waals surface area contributed by atoms with Gasteiger partial charge in [0.2, 0.25) is 0 Å². The second-order valence-electron chi connectivity index (χ2n) is 9.29. The van der Waals surface area contributed by atoms with Gasteiger partial charge in [-0.2, -0.15) is 13.2 Å². The molecule has 1 saturated heterocycles. The molecule has 4 rings (SSSR count). The van der Waals surface area contributed by atoms with Gasteiger partial charge in [-0.25, -0.2) is 15.0 Å². The van der Waals surface area contributed by atoms with Crippen molar-refractivity contribution in [3.63, 3.8) is 0 Å². The van der Waals surface area contributed by atoms with Crippen molar-refractivity contribution in [2.45, 2.75) is 52.8 Å². The van der Waals surface area contributed by atoms with Crippen molar-refractivity contribution in [1.29, 1.82) is 0 Å². The molecule has 7 nitrogen and oxygen atoms in total. The number of alkyl halides is 3. The van der Waals surface area contributed by atoms with Crippen molar-refractivity contribution in [2.75, 3.05) is 41.4 Å². The largest absolute Gasteiger partial charge is 0.416 e. The lowest BCUT2D eigenvalue weighted by Gasteiger charge is -2.25. The molecule has 3 N–H and O–H groups in total. The van der Waals surface area contributed by atoms with Gasteiger partial charge in [-0.1, -0.05) is 13.8 Å². The average molecular weight is 521 g/mol. The molecule has 1 aliphatic rings. The lowest BCUT2D eigenvalue weighted by Crippen LogP contribution is -2.27. The number of nitrogens with one attached hydrogen (secondary N) is 1. The van der Waals surface area contributed by atoms with E-state index in [1.54, 1.807) is 13.8 Å². The normalized spacial score (nSPS) is 15.5. The highest BCUT2D eigenvalue weighted by Gasteiger charge is 2.32. The zero-order chi connectivity index (χ0) is 26.3. The third-order valence-electron chi connectivity index (χ3n) is 6.78. The minimum absolute atomic E-state index is 0.0308. The van der Waals surface area contributed by atoms with Crippen molar-refractivity contribution in [1.82, 2.24) is 15.0 Å². The Balaban J connectivity index is 1.83. The van der Waals surface area contributed by atoms with Gasteiger partial charge < -0.3 is 20.5 Å². The van der Waals surface area contributed by atoms with E-state index >= 15 is 0 Å². The predicted octanol–water partition coefficient (Wildman–Crippen LogP) is 5.74. The number of aryl methyl sites for hydroxylation is 1. The van der Waals surface area contributed by atoms with Gasteiger partial charge in [0.1, 0.15) is 24.6 Å². The van der Waals surface area contributed by atoms with Crippen LogP contribution in [-0.2, 0) is 10.7 Å². The van der Waals surface area contributed by atoms with Crippen LogP contribution < -0.4 is 21.3 Å². The minimum Gasteiger partial charge on any atom is -0.399 e. The summed E-state index contributed by atoms with van der Waals surface area (Å²) >= 11 is 0. The fourth-order valence-corrected chi connectivity index (χ4v) is 6.71. The first-order valence-electron chi connectivity index (χ1n) is 12.2. The van der Waals surface area contributed by atoms with E-state index in [9.17, 15) is 17.7 Å². The average Bonchev–Trinajstić information content (AvgIpc) is 3.36.